The van der Waals surface area contributed by atoms with Crippen molar-refractivity contribution in [3.63, 3.8) is 0 Å². The van der Waals surface area contributed by atoms with Gasteiger partial charge in [0.2, 0.25) is 0 Å². The lowest BCUT2D eigenvalue weighted by atomic mass is 10.0. The maximum atomic E-state index is 11.0. The zero-order valence-corrected chi connectivity index (χ0v) is 10.7. The minimum Gasteiger partial charge on any atom is -0.495 e. The van der Waals surface area contributed by atoms with Crippen LogP contribution in [0.2, 0.25) is 0 Å². The van der Waals surface area contributed by atoms with Crippen molar-refractivity contribution in [3.8, 4) is 5.75 Å². The van der Waals surface area contributed by atoms with E-state index in [1.165, 1.54) is 12.7 Å². The van der Waals surface area contributed by atoms with Crippen LogP contribution >= 0.6 is 0 Å². The van der Waals surface area contributed by atoms with E-state index in [0.29, 0.717) is 5.92 Å². The molecule has 0 saturated carbocycles. The Morgan fingerprint density at radius 2 is 2.06 bits per heavy atom. The van der Waals surface area contributed by atoms with Crippen LogP contribution in [0.4, 0.5) is 5.69 Å². The van der Waals surface area contributed by atoms with Crippen molar-refractivity contribution in [3.05, 3.63) is 23.8 Å². The predicted molar refractivity (Wildman–Crippen MR) is 67.6 cm³/mol. The monoisotopic (exact) mass is 237 g/mol. The van der Waals surface area contributed by atoms with E-state index in [1.807, 2.05) is 18.2 Å². The second-order valence-corrected chi connectivity index (χ2v) is 4.04. The summed E-state index contributed by atoms with van der Waals surface area (Å²) in [5.74, 6) is 0.874. The van der Waals surface area contributed by atoms with Gasteiger partial charge < -0.3 is 14.8 Å². The molecule has 0 aliphatic heterocycles. The van der Waals surface area contributed by atoms with Crippen molar-refractivity contribution in [2.24, 2.45) is 0 Å². The van der Waals surface area contributed by atoms with E-state index in [1.54, 1.807) is 7.11 Å². The van der Waals surface area contributed by atoms with Gasteiger partial charge in [0.05, 0.1) is 19.9 Å². The first-order valence-electron chi connectivity index (χ1n) is 5.57. The SMILES string of the molecule is COC(=O)CNc1ccc(C(C)C)cc1OC. The topological polar surface area (TPSA) is 47.6 Å². The largest absolute Gasteiger partial charge is 0.495 e. The molecule has 1 aromatic rings. The van der Waals surface area contributed by atoms with E-state index in [9.17, 15) is 4.79 Å². The van der Waals surface area contributed by atoms with Gasteiger partial charge in [-0.3, -0.25) is 4.79 Å². The molecule has 0 radical (unpaired) electrons. The number of ether oxygens (including phenoxy) is 2. The molecule has 0 atom stereocenters. The Bertz CT molecular complexity index is 388. The highest BCUT2D eigenvalue weighted by Crippen LogP contribution is 2.28. The minimum atomic E-state index is -0.306. The van der Waals surface area contributed by atoms with E-state index in [0.717, 1.165) is 11.4 Å². The van der Waals surface area contributed by atoms with Gasteiger partial charge in [0.25, 0.3) is 0 Å². The highest BCUT2D eigenvalue weighted by atomic mass is 16.5. The van der Waals surface area contributed by atoms with Crippen molar-refractivity contribution < 1.29 is 14.3 Å². The van der Waals surface area contributed by atoms with Crippen LogP contribution in [0.3, 0.4) is 0 Å². The van der Waals surface area contributed by atoms with Crippen molar-refractivity contribution >= 4 is 11.7 Å². The number of anilines is 1. The Morgan fingerprint density at radius 3 is 2.59 bits per heavy atom. The molecule has 0 spiro atoms. The molecule has 17 heavy (non-hydrogen) atoms. The summed E-state index contributed by atoms with van der Waals surface area (Å²) in [6, 6.07) is 5.91. The summed E-state index contributed by atoms with van der Waals surface area (Å²) in [7, 11) is 2.98. The lowest BCUT2D eigenvalue weighted by Gasteiger charge is -2.13. The fourth-order valence-corrected chi connectivity index (χ4v) is 1.45. The third-order valence-electron chi connectivity index (χ3n) is 2.54. The predicted octanol–water partition coefficient (Wildman–Crippen LogP) is 2.40. The fourth-order valence-electron chi connectivity index (χ4n) is 1.45. The van der Waals surface area contributed by atoms with Gasteiger partial charge in [-0.05, 0) is 23.6 Å². The second kappa shape index (κ2) is 6.13. The van der Waals surface area contributed by atoms with E-state index < -0.39 is 0 Å². The Balaban J connectivity index is 2.81. The molecule has 1 N–H and O–H groups in total. The van der Waals surface area contributed by atoms with Crippen LogP contribution < -0.4 is 10.1 Å². The number of methoxy groups -OCH3 is 2. The van der Waals surface area contributed by atoms with Gasteiger partial charge in [-0.15, -0.1) is 0 Å². The number of esters is 1. The standard InChI is InChI=1S/C13H19NO3/c1-9(2)10-5-6-11(12(7-10)16-3)14-8-13(15)17-4/h5-7,9,14H,8H2,1-4H3. The lowest BCUT2D eigenvalue weighted by molar-refractivity contribution is -0.138. The molecule has 0 fully saturated rings. The maximum absolute atomic E-state index is 11.0. The van der Waals surface area contributed by atoms with E-state index in [-0.39, 0.29) is 12.5 Å². The summed E-state index contributed by atoms with van der Waals surface area (Å²) in [5.41, 5.74) is 1.99. The van der Waals surface area contributed by atoms with Crippen LogP contribution in [0.1, 0.15) is 25.3 Å². The van der Waals surface area contributed by atoms with Crippen molar-refractivity contribution in [2.75, 3.05) is 26.1 Å². The third-order valence-corrected chi connectivity index (χ3v) is 2.54. The Kier molecular flexibility index (Phi) is 4.82. The normalized spacial score (nSPS) is 10.2. The number of rotatable bonds is 5. The first kappa shape index (κ1) is 13.4. The van der Waals surface area contributed by atoms with Crippen LogP contribution in [0.25, 0.3) is 0 Å². The first-order valence-corrected chi connectivity index (χ1v) is 5.57. The van der Waals surface area contributed by atoms with E-state index >= 15 is 0 Å². The van der Waals surface area contributed by atoms with Gasteiger partial charge in [-0.25, -0.2) is 0 Å². The second-order valence-electron chi connectivity index (χ2n) is 4.04. The van der Waals surface area contributed by atoms with Gasteiger partial charge in [-0.2, -0.15) is 0 Å². The highest BCUT2D eigenvalue weighted by molar-refractivity contribution is 5.75. The Labute approximate surface area is 102 Å². The molecular weight excluding hydrogens is 218 g/mol. The summed E-state index contributed by atoms with van der Waals surface area (Å²) in [5, 5.41) is 2.98. The third kappa shape index (κ3) is 3.66. The molecule has 0 saturated heterocycles. The molecule has 94 valence electrons. The Hall–Kier alpha value is -1.71. The molecule has 1 aromatic carbocycles. The molecule has 4 nitrogen and oxygen atoms in total. The molecule has 0 heterocycles. The van der Waals surface area contributed by atoms with Crippen LogP contribution in [0.5, 0.6) is 5.75 Å². The molecule has 0 unspecified atom stereocenters. The number of benzene rings is 1. The number of nitrogens with one attached hydrogen (secondary N) is 1. The first-order chi connectivity index (χ1) is 8.08. The molecule has 1 rings (SSSR count). The van der Waals surface area contributed by atoms with Crippen molar-refractivity contribution in [1.82, 2.24) is 0 Å². The molecule has 0 amide bonds. The smallest absolute Gasteiger partial charge is 0.325 e. The minimum absolute atomic E-state index is 0.133. The van der Waals surface area contributed by atoms with Crippen LogP contribution in [-0.4, -0.2) is 26.7 Å². The quantitative estimate of drug-likeness (QED) is 0.799. The molecular formula is C13H19NO3. The summed E-state index contributed by atoms with van der Waals surface area (Å²) in [6.07, 6.45) is 0. The van der Waals surface area contributed by atoms with Gasteiger partial charge in [0, 0.05) is 0 Å². The number of carbonyl (C=O) groups is 1. The van der Waals surface area contributed by atoms with Crippen LogP contribution in [-0.2, 0) is 9.53 Å². The maximum Gasteiger partial charge on any atom is 0.325 e. The fraction of sp³-hybridized carbons (Fsp3) is 0.462. The molecule has 0 aromatic heterocycles. The van der Waals surface area contributed by atoms with Gasteiger partial charge in [0.15, 0.2) is 0 Å². The van der Waals surface area contributed by atoms with Crippen LogP contribution in [0.15, 0.2) is 18.2 Å². The summed E-state index contributed by atoms with van der Waals surface area (Å²) < 4.78 is 9.85. The lowest BCUT2D eigenvalue weighted by Crippen LogP contribution is -2.15. The molecule has 4 heteroatoms. The van der Waals surface area contributed by atoms with E-state index in [4.69, 9.17) is 4.74 Å². The zero-order valence-electron chi connectivity index (χ0n) is 10.7. The van der Waals surface area contributed by atoms with Gasteiger partial charge >= 0.3 is 5.97 Å². The van der Waals surface area contributed by atoms with Crippen molar-refractivity contribution in [1.29, 1.82) is 0 Å². The summed E-state index contributed by atoms with van der Waals surface area (Å²) in [6.45, 7) is 4.38. The average molecular weight is 237 g/mol. The van der Waals surface area contributed by atoms with Gasteiger partial charge in [0.1, 0.15) is 12.3 Å². The number of hydrogen-bond acceptors (Lipinski definition) is 4. The Morgan fingerprint density at radius 1 is 1.35 bits per heavy atom. The number of hydrogen-bond donors (Lipinski definition) is 1. The average Bonchev–Trinajstić information content (AvgIpc) is 2.35. The van der Waals surface area contributed by atoms with Crippen molar-refractivity contribution in [2.45, 2.75) is 19.8 Å². The van der Waals surface area contributed by atoms with E-state index in [2.05, 4.69) is 23.9 Å². The number of carbonyl (C=O) groups excluding carboxylic acids is 1. The zero-order chi connectivity index (χ0) is 12.8. The highest BCUT2D eigenvalue weighted by Gasteiger charge is 2.08. The van der Waals surface area contributed by atoms with Gasteiger partial charge in [-0.1, -0.05) is 19.9 Å². The summed E-state index contributed by atoms with van der Waals surface area (Å²) in [4.78, 5) is 11.0. The molecule has 0 aliphatic rings. The summed E-state index contributed by atoms with van der Waals surface area (Å²) >= 11 is 0. The molecule has 0 aliphatic carbocycles. The van der Waals surface area contributed by atoms with Crippen LogP contribution in [0, 0.1) is 0 Å². The molecule has 0 bridgehead atoms.